The van der Waals surface area contributed by atoms with Crippen LogP contribution in [0.25, 0.3) is 0 Å². The summed E-state index contributed by atoms with van der Waals surface area (Å²) in [6, 6.07) is 6.92. The van der Waals surface area contributed by atoms with Crippen molar-refractivity contribution in [2.75, 3.05) is 30.2 Å². The molecule has 0 spiro atoms. The van der Waals surface area contributed by atoms with E-state index in [1.165, 1.54) is 4.31 Å². The standard InChI is InChI=1S/C15H20N2O4S/c1-22(19,20)17-11-14(15(18)16-9-5-2-6-10-16)21-13-8-4-3-7-12(13)17/h3-4,7-8,14H,2,5-6,9-11H2,1H3/t14-/m0/s1. The van der Waals surface area contributed by atoms with E-state index in [9.17, 15) is 13.2 Å². The zero-order chi connectivity index (χ0) is 15.7. The molecular formula is C15H20N2O4S. The average Bonchev–Trinajstić information content (AvgIpc) is 2.53. The number of fused-ring (bicyclic) bond motifs is 1. The highest BCUT2D eigenvalue weighted by molar-refractivity contribution is 7.92. The number of benzene rings is 1. The third kappa shape index (κ3) is 2.90. The average molecular weight is 324 g/mol. The zero-order valence-corrected chi connectivity index (χ0v) is 13.4. The van der Waals surface area contributed by atoms with E-state index >= 15 is 0 Å². The van der Waals surface area contributed by atoms with Gasteiger partial charge in [-0.3, -0.25) is 9.10 Å². The summed E-state index contributed by atoms with van der Waals surface area (Å²) >= 11 is 0. The molecule has 2 aliphatic rings. The lowest BCUT2D eigenvalue weighted by molar-refractivity contribution is -0.139. The minimum Gasteiger partial charge on any atom is -0.476 e. The third-order valence-electron chi connectivity index (χ3n) is 4.08. The first kappa shape index (κ1) is 15.1. The number of likely N-dealkylation sites (tertiary alicyclic amines) is 1. The number of carbonyl (C=O) groups is 1. The van der Waals surface area contributed by atoms with Crippen molar-refractivity contribution in [3.8, 4) is 5.75 Å². The van der Waals surface area contributed by atoms with E-state index in [-0.39, 0.29) is 12.5 Å². The van der Waals surface area contributed by atoms with Gasteiger partial charge in [-0.1, -0.05) is 12.1 Å². The maximum absolute atomic E-state index is 12.6. The van der Waals surface area contributed by atoms with Crippen LogP contribution in [0.4, 0.5) is 5.69 Å². The molecule has 0 N–H and O–H groups in total. The van der Waals surface area contributed by atoms with Gasteiger partial charge in [-0.15, -0.1) is 0 Å². The Labute approximate surface area is 130 Å². The Morgan fingerprint density at radius 3 is 2.55 bits per heavy atom. The van der Waals surface area contributed by atoms with Crippen LogP contribution in [0.1, 0.15) is 19.3 Å². The lowest BCUT2D eigenvalue weighted by Crippen LogP contribution is -2.52. The first-order valence-corrected chi connectivity index (χ1v) is 9.34. The summed E-state index contributed by atoms with van der Waals surface area (Å²) in [6.07, 6.45) is 3.49. The van der Waals surface area contributed by atoms with Crippen LogP contribution in [0.2, 0.25) is 0 Å². The fourth-order valence-corrected chi connectivity index (χ4v) is 3.88. The Bertz CT molecular complexity index is 668. The summed E-state index contributed by atoms with van der Waals surface area (Å²) in [5.41, 5.74) is 0.493. The van der Waals surface area contributed by atoms with E-state index in [0.29, 0.717) is 11.4 Å². The van der Waals surface area contributed by atoms with Crippen molar-refractivity contribution in [1.29, 1.82) is 0 Å². The fourth-order valence-electron chi connectivity index (χ4n) is 2.96. The second-order valence-corrected chi connectivity index (χ2v) is 7.66. The minimum atomic E-state index is -3.45. The number of hydrogen-bond acceptors (Lipinski definition) is 4. The first-order chi connectivity index (χ1) is 10.5. The molecule has 1 amide bonds. The molecule has 0 aromatic heterocycles. The summed E-state index contributed by atoms with van der Waals surface area (Å²) in [5.74, 6) is 0.317. The molecule has 1 atom stereocenters. The van der Waals surface area contributed by atoms with E-state index in [1.54, 1.807) is 29.2 Å². The lowest BCUT2D eigenvalue weighted by atomic mass is 10.1. The van der Waals surface area contributed by atoms with Crippen LogP contribution in [0.5, 0.6) is 5.75 Å². The fraction of sp³-hybridized carbons (Fsp3) is 0.533. The quantitative estimate of drug-likeness (QED) is 0.820. The summed E-state index contributed by atoms with van der Waals surface area (Å²) in [6.45, 7) is 1.48. The molecule has 6 nitrogen and oxygen atoms in total. The first-order valence-electron chi connectivity index (χ1n) is 7.49. The SMILES string of the molecule is CS(=O)(=O)N1C[C@@H](C(=O)N2CCCCC2)Oc2ccccc21. The number of anilines is 1. The van der Waals surface area contributed by atoms with E-state index in [2.05, 4.69) is 0 Å². The van der Waals surface area contributed by atoms with Crippen molar-refractivity contribution in [3.05, 3.63) is 24.3 Å². The molecule has 2 heterocycles. The Morgan fingerprint density at radius 1 is 1.18 bits per heavy atom. The molecule has 2 aliphatic heterocycles. The van der Waals surface area contributed by atoms with Gasteiger partial charge in [0.1, 0.15) is 5.75 Å². The topological polar surface area (TPSA) is 66.9 Å². The molecular weight excluding hydrogens is 304 g/mol. The third-order valence-corrected chi connectivity index (χ3v) is 5.22. The van der Waals surface area contributed by atoms with Crippen LogP contribution in [0.3, 0.4) is 0 Å². The molecule has 22 heavy (non-hydrogen) atoms. The lowest BCUT2D eigenvalue weighted by Gasteiger charge is -2.37. The summed E-state index contributed by atoms with van der Waals surface area (Å²) in [7, 11) is -3.45. The number of rotatable bonds is 2. The molecule has 0 unspecified atom stereocenters. The number of para-hydroxylation sites is 2. The molecule has 0 aliphatic carbocycles. The monoisotopic (exact) mass is 324 g/mol. The van der Waals surface area contributed by atoms with Crippen LogP contribution in [0.15, 0.2) is 24.3 Å². The zero-order valence-electron chi connectivity index (χ0n) is 12.6. The van der Waals surface area contributed by atoms with Crippen molar-refractivity contribution in [1.82, 2.24) is 4.90 Å². The maximum atomic E-state index is 12.6. The number of nitrogens with zero attached hydrogens (tertiary/aromatic N) is 2. The van der Waals surface area contributed by atoms with Gasteiger partial charge >= 0.3 is 0 Å². The smallest absolute Gasteiger partial charge is 0.265 e. The molecule has 0 radical (unpaired) electrons. The summed E-state index contributed by atoms with van der Waals surface area (Å²) in [5, 5.41) is 0. The number of carbonyl (C=O) groups excluding carboxylic acids is 1. The minimum absolute atomic E-state index is 0.0329. The van der Waals surface area contributed by atoms with Gasteiger partial charge in [0.05, 0.1) is 18.5 Å². The van der Waals surface area contributed by atoms with Gasteiger partial charge < -0.3 is 9.64 Å². The van der Waals surface area contributed by atoms with Crippen molar-refractivity contribution in [2.24, 2.45) is 0 Å². The van der Waals surface area contributed by atoms with Crippen LogP contribution >= 0.6 is 0 Å². The van der Waals surface area contributed by atoms with Crippen LogP contribution in [0, 0.1) is 0 Å². The molecule has 3 rings (SSSR count). The van der Waals surface area contributed by atoms with Crippen molar-refractivity contribution < 1.29 is 17.9 Å². The van der Waals surface area contributed by atoms with E-state index < -0.39 is 16.1 Å². The molecule has 1 saturated heterocycles. The van der Waals surface area contributed by atoms with Crippen LogP contribution in [-0.4, -0.2) is 51.2 Å². The highest BCUT2D eigenvalue weighted by Crippen LogP contribution is 2.35. The molecule has 1 aromatic carbocycles. The number of piperidine rings is 1. The van der Waals surface area contributed by atoms with Gasteiger partial charge in [-0.25, -0.2) is 8.42 Å². The molecule has 1 aromatic rings. The largest absolute Gasteiger partial charge is 0.476 e. The number of hydrogen-bond donors (Lipinski definition) is 0. The van der Waals surface area contributed by atoms with E-state index in [4.69, 9.17) is 4.74 Å². The Kier molecular flexibility index (Phi) is 3.99. The second-order valence-electron chi connectivity index (χ2n) is 5.75. The predicted molar refractivity (Wildman–Crippen MR) is 83.5 cm³/mol. The number of amides is 1. The van der Waals surface area contributed by atoms with Crippen LogP contribution in [-0.2, 0) is 14.8 Å². The van der Waals surface area contributed by atoms with Gasteiger partial charge in [-0.2, -0.15) is 0 Å². The normalized spacial score (nSPS) is 22.0. The second kappa shape index (κ2) is 5.79. The Balaban J connectivity index is 1.88. The predicted octanol–water partition coefficient (Wildman–Crippen LogP) is 1.23. The Morgan fingerprint density at radius 2 is 1.86 bits per heavy atom. The van der Waals surface area contributed by atoms with Crippen LogP contribution < -0.4 is 9.04 Å². The van der Waals surface area contributed by atoms with Gasteiger partial charge in [-0.05, 0) is 31.4 Å². The highest BCUT2D eigenvalue weighted by atomic mass is 32.2. The van der Waals surface area contributed by atoms with E-state index in [0.717, 1.165) is 38.6 Å². The molecule has 7 heteroatoms. The van der Waals surface area contributed by atoms with Gasteiger partial charge in [0.2, 0.25) is 10.0 Å². The Hall–Kier alpha value is -1.76. The number of sulfonamides is 1. The molecule has 120 valence electrons. The van der Waals surface area contributed by atoms with Crippen molar-refractivity contribution in [2.45, 2.75) is 25.4 Å². The number of ether oxygens (including phenoxy) is 1. The van der Waals surface area contributed by atoms with Crippen molar-refractivity contribution >= 4 is 21.6 Å². The highest BCUT2D eigenvalue weighted by Gasteiger charge is 2.37. The van der Waals surface area contributed by atoms with Gasteiger partial charge in [0, 0.05) is 13.1 Å². The maximum Gasteiger partial charge on any atom is 0.265 e. The summed E-state index contributed by atoms with van der Waals surface area (Å²) in [4.78, 5) is 14.4. The van der Waals surface area contributed by atoms with Crippen molar-refractivity contribution in [3.63, 3.8) is 0 Å². The van der Waals surface area contributed by atoms with Gasteiger partial charge in [0.25, 0.3) is 5.91 Å². The summed E-state index contributed by atoms with van der Waals surface area (Å²) < 4.78 is 31.1. The molecule has 1 fully saturated rings. The van der Waals surface area contributed by atoms with E-state index in [1.807, 2.05) is 0 Å². The molecule has 0 bridgehead atoms. The van der Waals surface area contributed by atoms with Gasteiger partial charge in [0.15, 0.2) is 6.10 Å². The molecule has 0 saturated carbocycles.